The summed E-state index contributed by atoms with van der Waals surface area (Å²) in [5, 5.41) is 0. The summed E-state index contributed by atoms with van der Waals surface area (Å²) in [7, 11) is 0. The average molecular weight is 412 g/mol. The SMILES string of the molecule is CCC1(CC)CC2N(c3ccccc3)c3cc(C(C)(C)C)cnc3N2c2ccccc21. The molecule has 0 saturated heterocycles. The Kier molecular flexibility index (Phi) is 4.62. The highest BCUT2D eigenvalue weighted by molar-refractivity contribution is 5.88. The average Bonchev–Trinajstić information content (AvgIpc) is 3.11. The molecule has 0 radical (unpaired) electrons. The Hall–Kier alpha value is -2.81. The first-order chi connectivity index (χ1) is 14.9. The van der Waals surface area contributed by atoms with Crippen molar-refractivity contribution in [2.75, 3.05) is 9.80 Å². The summed E-state index contributed by atoms with van der Waals surface area (Å²) < 4.78 is 0. The zero-order chi connectivity index (χ0) is 21.8. The lowest BCUT2D eigenvalue weighted by Crippen LogP contribution is -2.48. The van der Waals surface area contributed by atoms with Gasteiger partial charge >= 0.3 is 0 Å². The van der Waals surface area contributed by atoms with E-state index >= 15 is 0 Å². The number of nitrogens with zero attached hydrogens (tertiary/aromatic N) is 3. The summed E-state index contributed by atoms with van der Waals surface area (Å²) >= 11 is 0. The second-order valence-corrected chi connectivity index (χ2v) is 10.1. The van der Waals surface area contributed by atoms with Crippen LogP contribution in [0.3, 0.4) is 0 Å². The van der Waals surface area contributed by atoms with Crippen molar-refractivity contribution in [3.63, 3.8) is 0 Å². The third kappa shape index (κ3) is 2.97. The van der Waals surface area contributed by atoms with E-state index in [1.807, 2.05) is 0 Å². The van der Waals surface area contributed by atoms with Gasteiger partial charge < -0.3 is 9.80 Å². The van der Waals surface area contributed by atoms with E-state index in [1.165, 1.54) is 28.2 Å². The molecule has 3 heterocycles. The Bertz CT molecular complexity index is 1090. The maximum Gasteiger partial charge on any atom is 0.158 e. The number of hydrogen-bond acceptors (Lipinski definition) is 3. The summed E-state index contributed by atoms with van der Waals surface area (Å²) in [6.07, 6.45) is 5.69. The third-order valence-corrected chi connectivity index (χ3v) is 7.49. The first kappa shape index (κ1) is 20.1. The van der Waals surface area contributed by atoms with Crippen LogP contribution in [0.15, 0.2) is 66.9 Å². The zero-order valence-corrected chi connectivity index (χ0v) is 19.4. The molecular weight excluding hydrogens is 378 g/mol. The lowest BCUT2D eigenvalue weighted by molar-refractivity contribution is 0.322. The summed E-state index contributed by atoms with van der Waals surface area (Å²) in [6.45, 7) is 11.5. The van der Waals surface area contributed by atoms with Crippen LogP contribution in [0.5, 0.6) is 0 Å². The summed E-state index contributed by atoms with van der Waals surface area (Å²) in [4.78, 5) is 10.1. The van der Waals surface area contributed by atoms with Gasteiger partial charge in [-0.3, -0.25) is 0 Å². The molecule has 0 bridgehead atoms. The summed E-state index contributed by atoms with van der Waals surface area (Å²) in [5.41, 5.74) is 6.77. The Morgan fingerprint density at radius 2 is 1.58 bits per heavy atom. The van der Waals surface area contributed by atoms with Gasteiger partial charge in [0.25, 0.3) is 0 Å². The minimum Gasteiger partial charge on any atom is -0.317 e. The van der Waals surface area contributed by atoms with Gasteiger partial charge in [0.15, 0.2) is 5.82 Å². The van der Waals surface area contributed by atoms with Crippen LogP contribution in [0.25, 0.3) is 0 Å². The second-order valence-electron chi connectivity index (χ2n) is 10.1. The molecule has 1 aromatic heterocycles. The van der Waals surface area contributed by atoms with Crippen molar-refractivity contribution in [3.8, 4) is 0 Å². The lowest BCUT2D eigenvalue weighted by atomic mass is 9.69. The maximum atomic E-state index is 5.07. The van der Waals surface area contributed by atoms with Crippen LogP contribution in [0.1, 0.15) is 65.0 Å². The van der Waals surface area contributed by atoms with Gasteiger partial charge in [-0.05, 0) is 60.1 Å². The van der Waals surface area contributed by atoms with E-state index in [1.54, 1.807) is 0 Å². The number of para-hydroxylation sites is 2. The lowest BCUT2D eigenvalue weighted by Gasteiger charge is -2.47. The molecule has 0 spiro atoms. The van der Waals surface area contributed by atoms with Gasteiger partial charge in [-0.25, -0.2) is 4.98 Å². The van der Waals surface area contributed by atoms with Gasteiger partial charge in [0.2, 0.25) is 0 Å². The summed E-state index contributed by atoms with van der Waals surface area (Å²) in [5.74, 6) is 1.08. The van der Waals surface area contributed by atoms with E-state index in [-0.39, 0.29) is 17.0 Å². The molecule has 0 N–H and O–H groups in total. The molecule has 2 aliphatic rings. The first-order valence-electron chi connectivity index (χ1n) is 11.6. The van der Waals surface area contributed by atoms with Crippen molar-refractivity contribution in [2.24, 2.45) is 0 Å². The molecule has 3 heteroatoms. The molecule has 2 aliphatic heterocycles. The van der Waals surface area contributed by atoms with Gasteiger partial charge in [0.05, 0.1) is 5.69 Å². The third-order valence-electron chi connectivity index (χ3n) is 7.49. The molecule has 3 nitrogen and oxygen atoms in total. The quantitative estimate of drug-likeness (QED) is 0.446. The van der Waals surface area contributed by atoms with Crippen LogP contribution in [-0.2, 0) is 10.8 Å². The highest BCUT2D eigenvalue weighted by Crippen LogP contribution is 2.56. The molecule has 3 aromatic rings. The van der Waals surface area contributed by atoms with Crippen LogP contribution in [0.2, 0.25) is 0 Å². The van der Waals surface area contributed by atoms with E-state index in [0.29, 0.717) is 0 Å². The topological polar surface area (TPSA) is 19.4 Å². The van der Waals surface area contributed by atoms with E-state index in [4.69, 9.17) is 4.98 Å². The number of fused-ring (bicyclic) bond motifs is 5. The predicted molar refractivity (Wildman–Crippen MR) is 131 cm³/mol. The van der Waals surface area contributed by atoms with Crippen molar-refractivity contribution < 1.29 is 0 Å². The van der Waals surface area contributed by atoms with Crippen molar-refractivity contribution in [2.45, 2.75) is 70.9 Å². The van der Waals surface area contributed by atoms with Crippen LogP contribution in [0.4, 0.5) is 22.9 Å². The van der Waals surface area contributed by atoms with Crippen molar-refractivity contribution in [3.05, 3.63) is 78.0 Å². The molecule has 2 aromatic carbocycles. The van der Waals surface area contributed by atoms with E-state index < -0.39 is 0 Å². The number of benzene rings is 2. The van der Waals surface area contributed by atoms with E-state index in [9.17, 15) is 0 Å². The molecule has 31 heavy (non-hydrogen) atoms. The molecule has 0 amide bonds. The van der Waals surface area contributed by atoms with Gasteiger partial charge in [-0.2, -0.15) is 0 Å². The minimum absolute atomic E-state index is 0.0575. The van der Waals surface area contributed by atoms with Crippen LogP contribution < -0.4 is 9.80 Å². The van der Waals surface area contributed by atoms with Crippen LogP contribution in [0, 0.1) is 0 Å². The van der Waals surface area contributed by atoms with Crippen LogP contribution in [-0.4, -0.2) is 11.1 Å². The largest absolute Gasteiger partial charge is 0.317 e. The number of hydrogen-bond donors (Lipinski definition) is 0. The van der Waals surface area contributed by atoms with Crippen molar-refractivity contribution in [1.82, 2.24) is 4.98 Å². The fourth-order valence-electron chi connectivity index (χ4n) is 5.50. The van der Waals surface area contributed by atoms with Gasteiger partial charge in [0.1, 0.15) is 6.17 Å². The minimum atomic E-state index is 0.0575. The Labute approximate surface area is 186 Å². The van der Waals surface area contributed by atoms with Crippen molar-refractivity contribution >= 4 is 22.9 Å². The number of anilines is 4. The zero-order valence-electron chi connectivity index (χ0n) is 19.4. The summed E-state index contributed by atoms with van der Waals surface area (Å²) in [6, 6.07) is 22.2. The predicted octanol–water partition coefficient (Wildman–Crippen LogP) is 7.46. The van der Waals surface area contributed by atoms with Gasteiger partial charge in [0, 0.05) is 23.0 Å². The molecule has 160 valence electrons. The fourth-order valence-corrected chi connectivity index (χ4v) is 5.50. The molecule has 1 unspecified atom stereocenters. The standard InChI is InChI=1S/C28H33N3/c1-6-28(7-2)18-25-30(21-13-9-8-10-14-21)24-17-20(27(3,4)5)19-29-26(24)31(25)23-16-12-11-15-22(23)28/h8-17,19,25H,6-7,18H2,1-5H3. The normalized spacial score (nSPS) is 19.1. The molecular formula is C28H33N3. The van der Waals surface area contributed by atoms with Crippen molar-refractivity contribution in [1.29, 1.82) is 0 Å². The number of rotatable bonds is 3. The van der Waals surface area contributed by atoms with E-state index in [2.05, 4.69) is 111 Å². The second kappa shape index (κ2) is 7.12. The monoisotopic (exact) mass is 411 g/mol. The van der Waals surface area contributed by atoms with E-state index in [0.717, 1.165) is 25.1 Å². The number of pyridine rings is 1. The molecule has 0 fully saturated rings. The Morgan fingerprint density at radius 1 is 0.903 bits per heavy atom. The fraction of sp³-hybridized carbons (Fsp3) is 0.393. The van der Waals surface area contributed by atoms with Gasteiger partial charge in [-0.15, -0.1) is 0 Å². The molecule has 0 saturated carbocycles. The Morgan fingerprint density at radius 3 is 2.26 bits per heavy atom. The van der Waals surface area contributed by atoms with Gasteiger partial charge in [-0.1, -0.05) is 71.0 Å². The first-order valence-corrected chi connectivity index (χ1v) is 11.6. The smallest absolute Gasteiger partial charge is 0.158 e. The Balaban J connectivity index is 1.77. The highest BCUT2D eigenvalue weighted by Gasteiger charge is 2.49. The highest BCUT2D eigenvalue weighted by atomic mass is 15.5. The number of aromatic nitrogens is 1. The molecule has 1 atom stereocenters. The molecule has 0 aliphatic carbocycles. The maximum absolute atomic E-state index is 5.07. The molecule has 5 rings (SSSR count). The van der Waals surface area contributed by atoms with Crippen LogP contribution >= 0.6 is 0 Å².